The van der Waals surface area contributed by atoms with Crippen LogP contribution in [0.15, 0.2) is 182 Å². The van der Waals surface area contributed by atoms with Crippen molar-refractivity contribution in [2.45, 2.75) is 38.1 Å². The van der Waals surface area contributed by atoms with Gasteiger partial charge in [-0.05, 0) is 93.6 Å². The van der Waals surface area contributed by atoms with Crippen LogP contribution in [-0.4, -0.2) is 17.4 Å². The summed E-state index contributed by atoms with van der Waals surface area (Å²) in [6.07, 6.45) is 0. The molecule has 9 N–H and O–H groups in total. The number of hydrogen-bond donors (Lipinski definition) is 9. The van der Waals surface area contributed by atoms with Crippen molar-refractivity contribution in [3.8, 4) is 0 Å². The Bertz CT molecular complexity index is 1730. The van der Waals surface area contributed by atoms with Crippen LogP contribution < -0.4 is 48.3 Å². The maximum Gasteiger partial charge on any atom is 0.525 e. The number of rotatable bonds is 21. The average molecular weight is 774 g/mol. The van der Waals surface area contributed by atoms with E-state index >= 15 is 4.57 Å². The number of para-hydroxylation sites is 6. The summed E-state index contributed by atoms with van der Waals surface area (Å²) in [5.74, 6) is -3.81. The molecule has 13 nitrogen and oxygen atoms in total. The van der Waals surface area contributed by atoms with Crippen molar-refractivity contribution in [3.05, 3.63) is 182 Å². The first kappa shape index (κ1) is 39.8. The summed E-state index contributed by atoms with van der Waals surface area (Å²) < 4.78 is 33.1. The molecule has 0 unspecified atom stereocenters. The van der Waals surface area contributed by atoms with Crippen LogP contribution in [-0.2, 0) is 18.4 Å². The van der Waals surface area contributed by atoms with E-state index in [-0.39, 0.29) is 0 Å². The molecule has 0 bridgehead atoms. The van der Waals surface area contributed by atoms with Gasteiger partial charge in [-0.2, -0.15) is 13.9 Å². The van der Waals surface area contributed by atoms with Crippen molar-refractivity contribution >= 4 is 41.9 Å². The fraction of sp³-hybridized carbons (Fsp3) is 0.143. The molecule has 14 heteroatoms. The Balaban J connectivity index is 1.31. The van der Waals surface area contributed by atoms with E-state index in [1.165, 1.54) is 0 Å². The lowest BCUT2D eigenvalue weighted by molar-refractivity contribution is -0.0246. The molecule has 290 valence electrons. The van der Waals surface area contributed by atoms with E-state index in [9.17, 15) is 0 Å². The quantitative estimate of drug-likeness (QED) is 0.0194. The van der Waals surface area contributed by atoms with Gasteiger partial charge < -0.3 is 31.9 Å². The maximum atomic E-state index is 15.0. The van der Waals surface area contributed by atoms with Gasteiger partial charge in [0.1, 0.15) is 0 Å². The molecule has 0 aliphatic carbocycles. The molecule has 0 radical (unpaired) electrons. The Morgan fingerprint density at radius 2 is 0.482 bits per heavy atom. The summed E-state index contributed by atoms with van der Waals surface area (Å²) in [6, 6.07) is 57.1. The predicted molar refractivity (Wildman–Crippen MR) is 226 cm³/mol. The SMILES string of the molecule is CC(NOP(=O)(ONC(C)(Nc1ccccc1)Nc1ccccc1)ONC(C)(Nc1ccccc1)Nc1ccccc1)(Nc1ccccc1)Nc1ccccc1. The molecule has 0 aromatic heterocycles. The third-order valence-electron chi connectivity index (χ3n) is 8.09. The van der Waals surface area contributed by atoms with Crippen molar-refractivity contribution < 1.29 is 18.4 Å². The number of anilines is 6. The second-order valence-electron chi connectivity index (χ2n) is 13.3. The van der Waals surface area contributed by atoms with Crippen LogP contribution in [0.25, 0.3) is 0 Å². The summed E-state index contributed by atoms with van der Waals surface area (Å²) in [5, 5.41) is 20.3. The largest absolute Gasteiger partial charge is 0.525 e. The Morgan fingerprint density at radius 1 is 0.321 bits per heavy atom. The minimum absolute atomic E-state index is 0.751. The minimum Gasteiger partial charge on any atom is -0.349 e. The third-order valence-corrected chi connectivity index (χ3v) is 9.04. The molecular weight excluding hydrogens is 725 g/mol. The number of nitrogens with one attached hydrogen (secondary N) is 9. The summed E-state index contributed by atoms with van der Waals surface area (Å²) in [5.41, 5.74) is 13.2. The van der Waals surface area contributed by atoms with Crippen molar-refractivity contribution in [2.24, 2.45) is 0 Å². The van der Waals surface area contributed by atoms with Crippen LogP contribution in [0, 0.1) is 0 Å². The van der Waals surface area contributed by atoms with Crippen LogP contribution in [0.2, 0.25) is 0 Å². The molecule has 0 saturated carbocycles. The van der Waals surface area contributed by atoms with Crippen LogP contribution in [0.3, 0.4) is 0 Å². The Morgan fingerprint density at radius 3 is 0.643 bits per heavy atom. The summed E-state index contributed by atoms with van der Waals surface area (Å²) in [6.45, 7) is 5.36. The molecule has 0 heterocycles. The van der Waals surface area contributed by atoms with Crippen LogP contribution >= 0.6 is 7.82 Å². The van der Waals surface area contributed by atoms with Gasteiger partial charge in [-0.1, -0.05) is 109 Å². The van der Waals surface area contributed by atoms with Gasteiger partial charge in [0.05, 0.1) is 0 Å². The summed E-state index contributed by atoms with van der Waals surface area (Å²) >= 11 is 0. The van der Waals surface area contributed by atoms with Crippen molar-refractivity contribution in [2.75, 3.05) is 31.9 Å². The molecule has 0 saturated heterocycles. The number of phosphoric acid groups is 1. The lowest BCUT2D eigenvalue weighted by Crippen LogP contribution is -2.58. The molecule has 0 aliphatic rings. The molecule has 0 aliphatic heterocycles. The van der Waals surface area contributed by atoms with Crippen molar-refractivity contribution in [1.82, 2.24) is 16.4 Å². The highest BCUT2D eigenvalue weighted by atomic mass is 31.2. The van der Waals surface area contributed by atoms with Gasteiger partial charge in [-0.25, -0.2) is 4.57 Å². The summed E-state index contributed by atoms with van der Waals surface area (Å²) in [7, 11) is -4.71. The van der Waals surface area contributed by atoms with Gasteiger partial charge >= 0.3 is 7.82 Å². The molecular formula is C42H48N9O4P. The van der Waals surface area contributed by atoms with E-state index in [2.05, 4.69) is 48.3 Å². The van der Waals surface area contributed by atoms with Gasteiger partial charge in [-0.3, -0.25) is 0 Å². The fourth-order valence-corrected chi connectivity index (χ4v) is 6.60. The maximum absolute atomic E-state index is 15.0. The highest BCUT2D eigenvalue weighted by molar-refractivity contribution is 7.48. The zero-order valence-corrected chi connectivity index (χ0v) is 32.3. The van der Waals surface area contributed by atoms with E-state index in [1.807, 2.05) is 182 Å². The minimum atomic E-state index is -4.71. The van der Waals surface area contributed by atoms with Crippen molar-refractivity contribution in [1.29, 1.82) is 0 Å². The molecule has 0 fully saturated rings. The van der Waals surface area contributed by atoms with Gasteiger partial charge in [0, 0.05) is 34.1 Å². The van der Waals surface area contributed by atoms with E-state index in [1.54, 1.807) is 20.8 Å². The Labute approximate surface area is 328 Å². The molecule has 0 atom stereocenters. The third kappa shape index (κ3) is 12.3. The highest BCUT2D eigenvalue weighted by Gasteiger charge is 2.40. The molecule has 6 rings (SSSR count). The molecule has 6 aromatic carbocycles. The van der Waals surface area contributed by atoms with Crippen LogP contribution in [0.1, 0.15) is 20.8 Å². The smallest absolute Gasteiger partial charge is 0.349 e. The van der Waals surface area contributed by atoms with Crippen molar-refractivity contribution in [3.63, 3.8) is 0 Å². The predicted octanol–water partition coefficient (Wildman–Crippen LogP) is 9.35. The van der Waals surface area contributed by atoms with Gasteiger partial charge in [-0.15, -0.1) is 16.4 Å². The van der Waals surface area contributed by atoms with Gasteiger partial charge in [0.15, 0.2) is 17.4 Å². The van der Waals surface area contributed by atoms with Crippen LogP contribution in [0.4, 0.5) is 34.1 Å². The number of hydroxylamine groups is 3. The number of benzene rings is 6. The first-order chi connectivity index (χ1) is 27.1. The molecule has 0 amide bonds. The van der Waals surface area contributed by atoms with E-state index in [4.69, 9.17) is 13.9 Å². The molecule has 0 spiro atoms. The first-order valence-electron chi connectivity index (χ1n) is 18.1. The monoisotopic (exact) mass is 773 g/mol. The van der Waals surface area contributed by atoms with Gasteiger partial charge in [0.25, 0.3) is 0 Å². The topological polar surface area (TPSA) is 153 Å². The standard InChI is InChI=1S/C42H48N9O4P/c1-40(43-34-22-10-4-11-23-34,44-35-24-12-5-13-25-35)49-53-56(52,54-50-41(2,45-36-26-14-6-15-27-36)46-37-28-16-7-17-29-37)55-51-42(3,47-38-30-18-8-19-31-38)48-39-32-20-9-21-33-39/h4-33,43-51H,1-3H3. The zero-order valence-electron chi connectivity index (χ0n) is 31.4. The number of hydrogen-bond acceptors (Lipinski definition) is 13. The lowest BCUT2D eigenvalue weighted by atomic mass is 10.2. The zero-order chi connectivity index (χ0) is 39.2. The highest BCUT2D eigenvalue weighted by Crippen LogP contribution is 2.48. The Hall–Kier alpha value is -5.89. The normalized spacial score (nSPS) is 12.0. The Kier molecular flexibility index (Phi) is 13.2. The second-order valence-corrected chi connectivity index (χ2v) is 14.8. The average Bonchev–Trinajstić information content (AvgIpc) is 3.21. The van der Waals surface area contributed by atoms with E-state index in [0.717, 1.165) is 34.1 Å². The lowest BCUT2D eigenvalue weighted by Gasteiger charge is -2.38. The summed E-state index contributed by atoms with van der Waals surface area (Å²) in [4.78, 5) is 0. The van der Waals surface area contributed by atoms with Gasteiger partial charge in [0.2, 0.25) is 0 Å². The molecule has 6 aromatic rings. The van der Waals surface area contributed by atoms with E-state index < -0.39 is 25.2 Å². The molecule has 56 heavy (non-hydrogen) atoms. The van der Waals surface area contributed by atoms with Crippen LogP contribution in [0.5, 0.6) is 0 Å². The second kappa shape index (κ2) is 18.6. The fourth-order valence-electron chi connectivity index (χ4n) is 5.61. The van der Waals surface area contributed by atoms with E-state index in [0.29, 0.717) is 0 Å². The first-order valence-corrected chi connectivity index (χ1v) is 19.5.